The van der Waals surface area contributed by atoms with Gasteiger partial charge in [0, 0.05) is 33.8 Å². The van der Waals surface area contributed by atoms with E-state index in [9.17, 15) is 26.8 Å². The van der Waals surface area contributed by atoms with Crippen LogP contribution in [0.15, 0.2) is 59.5 Å². The molecule has 0 fully saturated rings. The maximum Gasteiger partial charge on any atom is 0.282 e. The molecule has 0 radical (unpaired) electrons. The summed E-state index contributed by atoms with van der Waals surface area (Å²) in [5.74, 6) is -2.34. The minimum atomic E-state index is -3.98. The van der Waals surface area contributed by atoms with Crippen molar-refractivity contribution in [2.75, 3.05) is 6.26 Å². The van der Waals surface area contributed by atoms with Crippen molar-refractivity contribution in [1.29, 1.82) is 0 Å². The Morgan fingerprint density at radius 2 is 1.89 bits per heavy atom. The Bertz CT molecular complexity index is 1620. The first-order chi connectivity index (χ1) is 17.1. The Labute approximate surface area is 206 Å². The first kappa shape index (κ1) is 25.3. The van der Waals surface area contributed by atoms with Gasteiger partial charge >= 0.3 is 0 Å². The van der Waals surface area contributed by atoms with Gasteiger partial charge in [-0.2, -0.15) is 0 Å². The molecule has 0 spiro atoms. The van der Waals surface area contributed by atoms with Gasteiger partial charge < -0.3 is 9.55 Å². The minimum Gasteiger partial charge on any atom is -0.331 e. The summed E-state index contributed by atoms with van der Waals surface area (Å²) in [5, 5.41) is 0.524. The fourth-order valence-electron chi connectivity index (χ4n) is 4.28. The standard InChI is InChI=1S/C26H25F2N3O4S/c1-3-4-6-16-8-11-22-20(13-16)23(19-7-5-12-29-25(19)32)24(26(33)30-36(2,34)35)31(22)15-17-14-18(27)9-10-21(17)28/h5,7-14H,3-4,6,15H2,1-2H3,(H,29,32)(H,30,33). The monoisotopic (exact) mass is 513 g/mol. The van der Waals surface area contributed by atoms with Crippen LogP contribution in [0.3, 0.4) is 0 Å². The van der Waals surface area contributed by atoms with E-state index in [4.69, 9.17) is 0 Å². The number of fused-ring (bicyclic) bond motifs is 1. The number of aromatic nitrogens is 2. The molecular weight excluding hydrogens is 488 g/mol. The molecule has 0 saturated heterocycles. The second-order valence-corrected chi connectivity index (χ2v) is 10.4. The lowest BCUT2D eigenvalue weighted by molar-refractivity contribution is 0.0974. The van der Waals surface area contributed by atoms with E-state index in [0.29, 0.717) is 10.9 Å². The number of carbonyl (C=O) groups excluding carboxylic acids is 1. The van der Waals surface area contributed by atoms with E-state index in [2.05, 4.69) is 11.9 Å². The molecule has 2 N–H and O–H groups in total. The van der Waals surface area contributed by atoms with E-state index >= 15 is 0 Å². The van der Waals surface area contributed by atoms with Gasteiger partial charge in [0.1, 0.15) is 17.3 Å². The molecule has 36 heavy (non-hydrogen) atoms. The zero-order valence-electron chi connectivity index (χ0n) is 19.8. The Balaban J connectivity index is 2.08. The lowest BCUT2D eigenvalue weighted by Gasteiger charge is -2.13. The molecule has 0 aliphatic carbocycles. The van der Waals surface area contributed by atoms with Gasteiger partial charge in [-0.15, -0.1) is 0 Å². The average Bonchev–Trinajstić information content (AvgIpc) is 3.12. The summed E-state index contributed by atoms with van der Waals surface area (Å²) < 4.78 is 55.9. The normalized spacial score (nSPS) is 11.7. The van der Waals surface area contributed by atoms with Crippen molar-refractivity contribution in [3.8, 4) is 11.1 Å². The van der Waals surface area contributed by atoms with E-state index in [-0.39, 0.29) is 28.9 Å². The van der Waals surface area contributed by atoms with Crippen LogP contribution in [0.4, 0.5) is 8.78 Å². The molecule has 0 aliphatic heterocycles. The molecule has 2 aromatic heterocycles. The van der Waals surface area contributed by atoms with Crippen LogP contribution >= 0.6 is 0 Å². The van der Waals surface area contributed by atoms with Gasteiger partial charge in [-0.05, 0) is 60.9 Å². The molecule has 4 rings (SSSR count). The van der Waals surface area contributed by atoms with E-state index < -0.39 is 33.1 Å². The molecule has 4 aromatic rings. The number of nitrogens with one attached hydrogen (secondary N) is 2. The van der Waals surface area contributed by atoms with E-state index in [1.807, 2.05) is 16.9 Å². The summed E-state index contributed by atoms with van der Waals surface area (Å²) in [4.78, 5) is 28.8. The van der Waals surface area contributed by atoms with Gasteiger partial charge in [-0.1, -0.05) is 19.4 Å². The number of benzene rings is 2. The zero-order chi connectivity index (χ0) is 26.0. The van der Waals surface area contributed by atoms with Gasteiger partial charge in [0.25, 0.3) is 11.5 Å². The smallest absolute Gasteiger partial charge is 0.282 e. The third-order valence-corrected chi connectivity index (χ3v) is 6.42. The molecule has 0 aliphatic rings. The lowest BCUT2D eigenvalue weighted by atomic mass is 10.00. The highest BCUT2D eigenvalue weighted by Crippen LogP contribution is 2.35. The first-order valence-corrected chi connectivity index (χ1v) is 13.3. The number of pyridine rings is 1. The second-order valence-electron chi connectivity index (χ2n) is 8.62. The van der Waals surface area contributed by atoms with Gasteiger partial charge in [-0.3, -0.25) is 9.59 Å². The first-order valence-electron chi connectivity index (χ1n) is 11.4. The number of aryl methyl sites for hydroxylation is 1. The van der Waals surface area contributed by atoms with E-state index in [1.54, 1.807) is 12.1 Å². The number of aromatic amines is 1. The van der Waals surface area contributed by atoms with Crippen LogP contribution in [0.5, 0.6) is 0 Å². The zero-order valence-corrected chi connectivity index (χ0v) is 20.6. The Morgan fingerprint density at radius 1 is 1.11 bits per heavy atom. The Hall–Kier alpha value is -3.79. The maximum absolute atomic E-state index is 14.6. The van der Waals surface area contributed by atoms with Gasteiger partial charge in [0.15, 0.2) is 0 Å². The number of rotatable bonds is 8. The van der Waals surface area contributed by atoms with Crippen molar-refractivity contribution in [2.45, 2.75) is 32.7 Å². The molecule has 0 bridgehead atoms. The van der Waals surface area contributed by atoms with Gasteiger partial charge in [0.05, 0.1) is 12.8 Å². The highest BCUT2D eigenvalue weighted by atomic mass is 32.2. The highest BCUT2D eigenvalue weighted by Gasteiger charge is 2.27. The van der Waals surface area contributed by atoms with E-state index in [1.165, 1.54) is 16.8 Å². The van der Waals surface area contributed by atoms with Crippen molar-refractivity contribution < 1.29 is 22.0 Å². The fourth-order valence-corrected chi connectivity index (χ4v) is 4.71. The van der Waals surface area contributed by atoms with Crippen LogP contribution in [-0.2, 0) is 23.0 Å². The molecule has 0 saturated carbocycles. The van der Waals surface area contributed by atoms with Gasteiger partial charge in [0.2, 0.25) is 10.0 Å². The number of nitrogens with zero attached hydrogens (tertiary/aromatic N) is 1. The summed E-state index contributed by atoms with van der Waals surface area (Å²) in [6, 6.07) is 11.6. The Morgan fingerprint density at radius 3 is 2.58 bits per heavy atom. The molecule has 10 heteroatoms. The summed E-state index contributed by atoms with van der Waals surface area (Å²) in [7, 11) is -3.98. The maximum atomic E-state index is 14.6. The number of unbranched alkanes of at least 4 members (excludes halogenated alkanes) is 1. The second kappa shape index (κ2) is 10.1. The molecule has 2 heterocycles. The number of sulfonamides is 1. The average molecular weight is 514 g/mol. The number of amides is 1. The van der Waals surface area contributed by atoms with Crippen molar-refractivity contribution in [3.63, 3.8) is 0 Å². The Kier molecular flexibility index (Phi) is 7.07. The largest absolute Gasteiger partial charge is 0.331 e. The molecule has 7 nitrogen and oxygen atoms in total. The van der Waals surface area contributed by atoms with Crippen molar-refractivity contribution in [3.05, 3.63) is 93.5 Å². The number of hydrogen-bond donors (Lipinski definition) is 2. The van der Waals surface area contributed by atoms with Crippen molar-refractivity contribution in [1.82, 2.24) is 14.3 Å². The quantitative estimate of drug-likeness (QED) is 0.366. The molecule has 1 amide bonds. The molecule has 0 unspecified atom stereocenters. The summed E-state index contributed by atoms with van der Waals surface area (Å²) in [5.41, 5.74) is 1.11. The summed E-state index contributed by atoms with van der Waals surface area (Å²) >= 11 is 0. The molecule has 2 aromatic carbocycles. The van der Waals surface area contributed by atoms with E-state index in [0.717, 1.165) is 49.3 Å². The SMILES string of the molecule is CCCCc1ccc2c(c1)c(-c1ccc[nH]c1=O)c(C(=O)NS(C)(=O)=O)n2Cc1cc(F)ccc1F. The van der Waals surface area contributed by atoms with Crippen molar-refractivity contribution >= 4 is 26.8 Å². The summed E-state index contributed by atoms with van der Waals surface area (Å²) in [6.45, 7) is 1.79. The number of carbonyl (C=O) groups is 1. The predicted molar refractivity (Wildman–Crippen MR) is 134 cm³/mol. The minimum absolute atomic E-state index is 0.0381. The van der Waals surface area contributed by atoms with Gasteiger partial charge in [-0.25, -0.2) is 21.9 Å². The van der Waals surface area contributed by atoms with Crippen LogP contribution < -0.4 is 10.3 Å². The molecule has 188 valence electrons. The van der Waals surface area contributed by atoms with Crippen LogP contribution in [0.2, 0.25) is 0 Å². The number of H-pyrrole nitrogens is 1. The lowest BCUT2D eigenvalue weighted by Crippen LogP contribution is -2.32. The number of hydrogen-bond acceptors (Lipinski definition) is 4. The van der Waals surface area contributed by atoms with Crippen LogP contribution in [-0.4, -0.2) is 30.1 Å². The highest BCUT2D eigenvalue weighted by molar-refractivity contribution is 7.89. The molecular formula is C26H25F2N3O4S. The summed E-state index contributed by atoms with van der Waals surface area (Å²) in [6.07, 6.45) is 4.91. The molecule has 0 atom stereocenters. The van der Waals surface area contributed by atoms with Crippen LogP contribution in [0.1, 0.15) is 41.4 Å². The predicted octanol–water partition coefficient (Wildman–Crippen LogP) is 4.36. The fraction of sp³-hybridized carbons (Fsp3) is 0.231. The van der Waals surface area contributed by atoms with Crippen LogP contribution in [0.25, 0.3) is 22.0 Å². The number of halogens is 2. The third kappa shape index (κ3) is 5.23. The third-order valence-electron chi connectivity index (χ3n) is 5.86. The van der Waals surface area contributed by atoms with Crippen molar-refractivity contribution in [2.24, 2.45) is 0 Å². The van der Waals surface area contributed by atoms with Crippen LogP contribution in [0, 0.1) is 11.6 Å². The topological polar surface area (TPSA) is 101 Å².